The van der Waals surface area contributed by atoms with Crippen molar-refractivity contribution in [3.05, 3.63) is 59.7 Å². The maximum Gasteiger partial charge on any atom is 0.163 e. The van der Waals surface area contributed by atoms with E-state index < -0.39 is 0 Å². The molecule has 0 bridgehead atoms. The largest absolute Gasteiger partial charge is 0.303 e. The van der Waals surface area contributed by atoms with Crippen LogP contribution in [0.4, 0.5) is 0 Å². The van der Waals surface area contributed by atoms with Crippen LogP contribution in [-0.4, -0.2) is 60.6 Å². The molecule has 36 heavy (non-hydrogen) atoms. The van der Waals surface area contributed by atoms with Crippen LogP contribution in [0.2, 0.25) is 0 Å². The van der Waals surface area contributed by atoms with Crippen LogP contribution < -0.4 is 0 Å². The van der Waals surface area contributed by atoms with Crippen molar-refractivity contribution in [2.45, 2.75) is 64.2 Å². The van der Waals surface area contributed by atoms with Gasteiger partial charge in [-0.1, -0.05) is 49.2 Å². The molecule has 0 aromatic heterocycles. The third-order valence-electron chi connectivity index (χ3n) is 8.13. The highest BCUT2D eigenvalue weighted by atomic mass is 16.1. The normalized spacial score (nSPS) is 17.6. The van der Waals surface area contributed by atoms with Gasteiger partial charge in [-0.05, 0) is 111 Å². The summed E-state index contributed by atoms with van der Waals surface area (Å²) in [6.45, 7) is 6.70. The summed E-state index contributed by atoms with van der Waals surface area (Å²) < 4.78 is 0. The average Bonchev–Trinajstić information content (AvgIpc) is 2.92. The molecule has 0 amide bonds. The van der Waals surface area contributed by atoms with Gasteiger partial charge in [0.1, 0.15) is 0 Å². The number of Topliss-reactive ketones (excluding diaryl/α,β-unsaturated/α-hetero) is 2. The van der Waals surface area contributed by atoms with E-state index in [2.05, 4.69) is 34.1 Å². The van der Waals surface area contributed by atoms with Crippen molar-refractivity contribution in [2.24, 2.45) is 0 Å². The summed E-state index contributed by atoms with van der Waals surface area (Å²) in [5.74, 6) is 0.421. The van der Waals surface area contributed by atoms with E-state index in [1.807, 2.05) is 24.3 Å². The van der Waals surface area contributed by atoms with Gasteiger partial charge in [-0.15, -0.1) is 0 Å². The van der Waals surface area contributed by atoms with Crippen LogP contribution in [-0.2, 0) is 0 Å². The Balaban J connectivity index is 1.31. The second-order valence-corrected chi connectivity index (χ2v) is 10.8. The third-order valence-corrected chi connectivity index (χ3v) is 8.13. The molecule has 4 nitrogen and oxygen atoms in total. The first kappa shape index (κ1) is 25.1. The van der Waals surface area contributed by atoms with Crippen molar-refractivity contribution in [3.63, 3.8) is 0 Å². The number of ketones is 2. The minimum atomic E-state index is 0.210. The summed E-state index contributed by atoms with van der Waals surface area (Å²) in [5, 5.41) is 4.08. The van der Waals surface area contributed by atoms with Crippen molar-refractivity contribution in [2.75, 3.05) is 39.3 Å². The fourth-order valence-electron chi connectivity index (χ4n) is 6.10. The number of likely N-dealkylation sites (tertiary alicyclic amines) is 2. The Morgan fingerprint density at radius 2 is 1.03 bits per heavy atom. The van der Waals surface area contributed by atoms with Crippen molar-refractivity contribution in [1.29, 1.82) is 0 Å². The van der Waals surface area contributed by atoms with Crippen LogP contribution >= 0.6 is 0 Å². The Kier molecular flexibility index (Phi) is 8.45. The van der Waals surface area contributed by atoms with Crippen LogP contribution in [0.25, 0.3) is 21.5 Å². The number of carbonyl (C=O) groups is 2. The number of hydrogen-bond donors (Lipinski definition) is 0. The molecule has 0 radical (unpaired) electrons. The molecule has 4 heteroatoms. The fourth-order valence-corrected chi connectivity index (χ4v) is 6.10. The molecule has 2 aliphatic heterocycles. The molecule has 190 valence electrons. The summed E-state index contributed by atoms with van der Waals surface area (Å²) in [6, 6.07) is 16.3. The molecule has 2 fully saturated rings. The minimum Gasteiger partial charge on any atom is -0.303 e. The summed E-state index contributed by atoms with van der Waals surface area (Å²) in [5.41, 5.74) is 1.58. The van der Waals surface area contributed by atoms with Crippen molar-refractivity contribution in [3.8, 4) is 0 Å². The zero-order valence-corrected chi connectivity index (χ0v) is 21.6. The van der Waals surface area contributed by atoms with E-state index in [1.165, 1.54) is 64.7 Å². The molecule has 0 spiro atoms. The van der Waals surface area contributed by atoms with Crippen LogP contribution in [0.15, 0.2) is 48.5 Å². The first-order valence-electron chi connectivity index (χ1n) is 14.2. The van der Waals surface area contributed by atoms with E-state index in [4.69, 9.17) is 0 Å². The fraction of sp³-hybridized carbons (Fsp3) is 0.500. The second-order valence-electron chi connectivity index (χ2n) is 10.8. The van der Waals surface area contributed by atoms with Crippen LogP contribution in [0.3, 0.4) is 0 Å². The summed E-state index contributed by atoms with van der Waals surface area (Å²) in [7, 11) is 0. The van der Waals surface area contributed by atoms with Crippen molar-refractivity contribution >= 4 is 33.1 Å². The van der Waals surface area contributed by atoms with Gasteiger partial charge in [-0.3, -0.25) is 9.59 Å². The number of rotatable bonds is 10. The van der Waals surface area contributed by atoms with Crippen LogP contribution in [0.5, 0.6) is 0 Å². The predicted octanol–water partition coefficient (Wildman–Crippen LogP) is 6.89. The summed E-state index contributed by atoms with van der Waals surface area (Å²) in [6.07, 6.45) is 10.8. The molecule has 0 N–H and O–H groups in total. The lowest BCUT2D eigenvalue weighted by Crippen LogP contribution is -2.30. The van der Waals surface area contributed by atoms with Crippen LogP contribution in [0, 0.1) is 0 Å². The number of nitrogens with zero attached hydrogens (tertiary/aromatic N) is 2. The number of benzene rings is 3. The van der Waals surface area contributed by atoms with Crippen molar-refractivity contribution < 1.29 is 9.59 Å². The first-order chi connectivity index (χ1) is 17.7. The highest BCUT2D eigenvalue weighted by Crippen LogP contribution is 2.29. The molecule has 3 aromatic carbocycles. The molecule has 2 heterocycles. The van der Waals surface area contributed by atoms with E-state index in [1.54, 1.807) is 0 Å². The number of piperidine rings is 2. The van der Waals surface area contributed by atoms with Gasteiger partial charge < -0.3 is 9.80 Å². The zero-order valence-electron chi connectivity index (χ0n) is 21.6. The molecular formula is C32H40N2O2. The highest BCUT2D eigenvalue weighted by molar-refractivity contribution is 6.15. The van der Waals surface area contributed by atoms with E-state index >= 15 is 0 Å². The molecule has 0 saturated carbocycles. The van der Waals surface area contributed by atoms with Gasteiger partial charge in [0.25, 0.3) is 0 Å². The number of carbonyl (C=O) groups excluding carboxylic acids is 2. The lowest BCUT2D eigenvalue weighted by Gasteiger charge is -2.26. The van der Waals surface area contributed by atoms with E-state index in [0.29, 0.717) is 12.8 Å². The lowest BCUT2D eigenvalue weighted by atomic mass is 9.92. The Labute approximate surface area is 215 Å². The Bertz CT molecular complexity index is 1110. The molecule has 2 saturated heterocycles. The van der Waals surface area contributed by atoms with E-state index in [-0.39, 0.29) is 11.6 Å². The van der Waals surface area contributed by atoms with Crippen LogP contribution in [0.1, 0.15) is 84.9 Å². The molecule has 0 aliphatic carbocycles. The maximum absolute atomic E-state index is 13.3. The average molecular weight is 485 g/mol. The lowest BCUT2D eigenvalue weighted by molar-refractivity contribution is 0.0967. The monoisotopic (exact) mass is 484 g/mol. The quantitative estimate of drug-likeness (QED) is 0.232. The predicted molar refractivity (Wildman–Crippen MR) is 149 cm³/mol. The number of hydrogen-bond acceptors (Lipinski definition) is 4. The van der Waals surface area contributed by atoms with E-state index in [0.717, 1.165) is 58.6 Å². The van der Waals surface area contributed by atoms with Gasteiger partial charge in [0.15, 0.2) is 11.6 Å². The first-order valence-corrected chi connectivity index (χ1v) is 14.2. The third kappa shape index (κ3) is 6.04. The molecule has 2 aliphatic rings. The standard InChI is InChI=1S/C32H40N2O2/c35-31(15-9-21-33-17-3-1-4-18-33)27-13-7-11-25-23-26-12-8-14-28(30(26)24-29(25)27)32(36)16-10-22-34-19-5-2-6-20-34/h7-8,11-14,23-24H,1-6,9-10,15-22H2. The Morgan fingerprint density at radius 3 is 1.47 bits per heavy atom. The minimum absolute atomic E-state index is 0.210. The highest BCUT2D eigenvalue weighted by Gasteiger charge is 2.16. The maximum atomic E-state index is 13.3. The smallest absolute Gasteiger partial charge is 0.163 e. The van der Waals surface area contributed by atoms with Gasteiger partial charge in [0, 0.05) is 24.0 Å². The molecule has 0 atom stereocenters. The van der Waals surface area contributed by atoms with Gasteiger partial charge in [0.2, 0.25) is 0 Å². The van der Waals surface area contributed by atoms with Gasteiger partial charge in [0.05, 0.1) is 0 Å². The zero-order chi connectivity index (χ0) is 24.7. The Morgan fingerprint density at radius 1 is 0.583 bits per heavy atom. The SMILES string of the molecule is O=C(CCCN1CCCCC1)c1cccc2cc3cccc(C(=O)CCCN4CCCCC4)c3cc12. The molecule has 0 unspecified atom stereocenters. The molecule has 3 aromatic rings. The Hall–Kier alpha value is -2.56. The van der Waals surface area contributed by atoms with Gasteiger partial charge in [-0.2, -0.15) is 0 Å². The summed E-state index contributed by atoms with van der Waals surface area (Å²) in [4.78, 5) is 31.5. The number of fused-ring (bicyclic) bond motifs is 2. The molecule has 5 rings (SSSR count). The van der Waals surface area contributed by atoms with E-state index in [9.17, 15) is 9.59 Å². The van der Waals surface area contributed by atoms with Crippen molar-refractivity contribution in [1.82, 2.24) is 9.80 Å². The summed E-state index contributed by atoms with van der Waals surface area (Å²) >= 11 is 0. The van der Waals surface area contributed by atoms with Gasteiger partial charge >= 0.3 is 0 Å². The van der Waals surface area contributed by atoms with Gasteiger partial charge in [-0.25, -0.2) is 0 Å². The second kappa shape index (κ2) is 12.1. The topological polar surface area (TPSA) is 40.6 Å². The molecular weight excluding hydrogens is 444 g/mol.